The molecule has 0 radical (unpaired) electrons. The van der Waals surface area contributed by atoms with Crippen LogP contribution in [0.2, 0.25) is 15.1 Å². The van der Waals surface area contributed by atoms with Crippen molar-refractivity contribution in [3.63, 3.8) is 0 Å². The van der Waals surface area contributed by atoms with Crippen LogP contribution >= 0.6 is 34.8 Å². The molecule has 0 spiro atoms. The van der Waals surface area contributed by atoms with E-state index in [-0.39, 0.29) is 46.8 Å². The van der Waals surface area contributed by atoms with E-state index in [1.54, 1.807) is 49.4 Å². The van der Waals surface area contributed by atoms with Crippen molar-refractivity contribution < 1.29 is 22.7 Å². The van der Waals surface area contributed by atoms with Crippen LogP contribution in [-0.2, 0) is 32.6 Å². The molecule has 0 aliphatic heterocycles. The molecule has 0 unspecified atom stereocenters. The molecule has 0 aliphatic carbocycles. The number of rotatable bonds is 16. The lowest BCUT2D eigenvalue weighted by Crippen LogP contribution is -2.53. The Kier molecular flexibility index (Phi) is 13.6. The molecule has 2 amide bonds. The second-order valence-electron chi connectivity index (χ2n) is 11.0. The van der Waals surface area contributed by atoms with E-state index in [4.69, 9.17) is 39.5 Å². The average molecular weight is 731 g/mol. The van der Waals surface area contributed by atoms with E-state index >= 15 is 0 Å². The highest BCUT2D eigenvalue weighted by Gasteiger charge is 2.35. The molecule has 12 heteroatoms. The van der Waals surface area contributed by atoms with Crippen LogP contribution in [0.15, 0.2) is 102 Å². The number of carbonyl (C=O) groups excluding carboxylic acids is 2. The topological polar surface area (TPSA) is 96.0 Å². The van der Waals surface area contributed by atoms with Gasteiger partial charge >= 0.3 is 0 Å². The Bertz CT molecular complexity index is 1790. The van der Waals surface area contributed by atoms with Gasteiger partial charge in [-0.15, -0.1) is 0 Å². The van der Waals surface area contributed by atoms with Crippen molar-refractivity contribution in [1.82, 2.24) is 10.2 Å². The highest BCUT2D eigenvalue weighted by Crippen LogP contribution is 2.33. The Labute approximate surface area is 297 Å². The fraction of sp³-hybridized carbons (Fsp3) is 0.278. The van der Waals surface area contributed by atoms with Crippen molar-refractivity contribution in [3.8, 4) is 5.75 Å². The molecule has 48 heavy (non-hydrogen) atoms. The zero-order chi connectivity index (χ0) is 34.7. The maximum absolute atomic E-state index is 14.7. The number of anilines is 1. The van der Waals surface area contributed by atoms with E-state index in [0.717, 1.165) is 22.7 Å². The van der Waals surface area contributed by atoms with E-state index in [1.807, 2.05) is 37.3 Å². The number of hydrogen-bond donors (Lipinski definition) is 1. The molecule has 1 N–H and O–H groups in total. The summed E-state index contributed by atoms with van der Waals surface area (Å²) in [6.07, 6.45) is 1.81. The van der Waals surface area contributed by atoms with Crippen LogP contribution in [0.25, 0.3) is 0 Å². The molecule has 0 heterocycles. The molecule has 0 aliphatic rings. The van der Waals surface area contributed by atoms with E-state index in [9.17, 15) is 18.0 Å². The summed E-state index contributed by atoms with van der Waals surface area (Å²) < 4.78 is 35.4. The van der Waals surface area contributed by atoms with Gasteiger partial charge in [0.15, 0.2) is 0 Å². The maximum Gasteiger partial charge on any atom is 0.264 e. The summed E-state index contributed by atoms with van der Waals surface area (Å²) in [6, 6.07) is 25.6. The number of unbranched alkanes of at least 4 members (excludes halogenated alkanes) is 1. The van der Waals surface area contributed by atoms with E-state index in [1.165, 1.54) is 29.2 Å². The van der Waals surface area contributed by atoms with Crippen LogP contribution in [0, 0.1) is 0 Å². The first-order valence-corrected chi connectivity index (χ1v) is 18.2. The minimum atomic E-state index is -4.34. The van der Waals surface area contributed by atoms with Crippen LogP contribution in [0.5, 0.6) is 5.75 Å². The maximum atomic E-state index is 14.7. The summed E-state index contributed by atoms with van der Waals surface area (Å²) in [6.45, 7) is 3.81. The number of ether oxygens (including phenoxy) is 1. The van der Waals surface area contributed by atoms with Gasteiger partial charge in [0.1, 0.15) is 18.3 Å². The smallest absolute Gasteiger partial charge is 0.264 e. The van der Waals surface area contributed by atoms with Crippen LogP contribution in [0.3, 0.4) is 0 Å². The monoisotopic (exact) mass is 729 g/mol. The molecule has 254 valence electrons. The predicted molar refractivity (Wildman–Crippen MR) is 192 cm³/mol. The minimum absolute atomic E-state index is 0.0453. The molecule has 0 saturated heterocycles. The summed E-state index contributed by atoms with van der Waals surface area (Å²) in [4.78, 5) is 29.9. The molecular weight excluding hydrogens is 693 g/mol. The standard InChI is InChI=1S/C36H38Cl3N3O5S/c1-3-5-21-40-36(44)33(23-26-11-7-6-8-12-26)41(24-27-15-20-30(38)31(39)22-27)35(43)25-42(32-13-9-10-14-34(32)47-4-2)48(45,46)29-18-16-28(37)17-19-29/h6-20,22,33H,3-5,21,23-25H2,1-2H3,(H,40,44)/t33-/m0/s1. The third-order valence-corrected chi connectivity index (χ3v) is 10.3. The second kappa shape index (κ2) is 17.6. The normalized spacial score (nSPS) is 11.9. The van der Waals surface area contributed by atoms with Gasteiger partial charge in [-0.05, 0) is 73.0 Å². The summed E-state index contributed by atoms with van der Waals surface area (Å²) in [5.41, 5.74) is 1.61. The van der Waals surface area contributed by atoms with Gasteiger partial charge in [0, 0.05) is 24.5 Å². The van der Waals surface area contributed by atoms with Gasteiger partial charge in [0.05, 0.1) is 27.2 Å². The molecule has 4 aromatic rings. The first-order chi connectivity index (χ1) is 23.0. The number of carbonyl (C=O) groups is 2. The Balaban J connectivity index is 1.84. The fourth-order valence-corrected chi connectivity index (χ4v) is 6.95. The third-order valence-electron chi connectivity index (χ3n) is 7.55. The van der Waals surface area contributed by atoms with Crippen LogP contribution in [0.1, 0.15) is 37.8 Å². The SMILES string of the molecule is CCCCNC(=O)[C@H](Cc1ccccc1)N(Cc1ccc(Cl)c(Cl)c1)C(=O)CN(c1ccccc1OCC)S(=O)(=O)c1ccc(Cl)cc1. The van der Waals surface area contributed by atoms with Gasteiger partial charge in [0.25, 0.3) is 10.0 Å². The summed E-state index contributed by atoms with van der Waals surface area (Å²) in [5, 5.41) is 3.95. The van der Waals surface area contributed by atoms with Gasteiger partial charge in [-0.1, -0.05) is 96.7 Å². The van der Waals surface area contributed by atoms with Crippen LogP contribution < -0.4 is 14.4 Å². The number of amides is 2. The largest absolute Gasteiger partial charge is 0.492 e. The Morgan fingerprint density at radius 3 is 2.19 bits per heavy atom. The number of sulfonamides is 1. The summed E-state index contributed by atoms with van der Waals surface area (Å²) in [5.74, 6) is -0.696. The van der Waals surface area contributed by atoms with Crippen molar-refractivity contribution >= 4 is 62.3 Å². The zero-order valence-corrected chi connectivity index (χ0v) is 29.8. The molecule has 1 atom stereocenters. The molecule has 4 aromatic carbocycles. The molecule has 0 aromatic heterocycles. The molecule has 0 fully saturated rings. The first-order valence-electron chi connectivity index (χ1n) is 15.6. The molecule has 0 saturated carbocycles. The first kappa shape index (κ1) is 37.1. The number of halogens is 3. The van der Waals surface area contributed by atoms with Gasteiger partial charge in [-0.2, -0.15) is 0 Å². The van der Waals surface area contributed by atoms with Gasteiger partial charge in [0.2, 0.25) is 11.8 Å². The zero-order valence-electron chi connectivity index (χ0n) is 26.7. The number of nitrogens with zero attached hydrogens (tertiary/aromatic N) is 2. The van der Waals surface area contributed by atoms with Crippen LogP contribution in [0.4, 0.5) is 5.69 Å². The predicted octanol–water partition coefficient (Wildman–Crippen LogP) is 7.80. The van der Waals surface area contributed by atoms with E-state index in [0.29, 0.717) is 22.2 Å². The number of nitrogens with one attached hydrogen (secondary N) is 1. The quantitative estimate of drug-likeness (QED) is 0.119. The third kappa shape index (κ3) is 9.66. The summed E-state index contributed by atoms with van der Waals surface area (Å²) >= 11 is 18.6. The lowest BCUT2D eigenvalue weighted by atomic mass is 10.0. The number of benzene rings is 4. The minimum Gasteiger partial charge on any atom is -0.492 e. The Hall–Kier alpha value is -3.76. The van der Waals surface area contributed by atoms with Crippen molar-refractivity contribution in [2.75, 3.05) is 24.0 Å². The molecule has 4 rings (SSSR count). The molecule has 8 nitrogen and oxygen atoms in total. The Morgan fingerprint density at radius 1 is 0.833 bits per heavy atom. The molecule has 0 bridgehead atoms. The highest BCUT2D eigenvalue weighted by molar-refractivity contribution is 7.92. The van der Waals surface area contributed by atoms with Crippen LogP contribution in [-0.4, -0.2) is 50.9 Å². The van der Waals surface area contributed by atoms with E-state index in [2.05, 4.69) is 5.32 Å². The van der Waals surface area contributed by atoms with Crippen molar-refractivity contribution in [2.24, 2.45) is 0 Å². The molecular formula is C36H38Cl3N3O5S. The van der Waals surface area contributed by atoms with Gasteiger partial charge < -0.3 is 15.0 Å². The fourth-order valence-electron chi connectivity index (χ4n) is 5.08. The summed E-state index contributed by atoms with van der Waals surface area (Å²) in [7, 11) is -4.34. The van der Waals surface area contributed by atoms with Gasteiger partial charge in [-0.3, -0.25) is 13.9 Å². The number of hydrogen-bond acceptors (Lipinski definition) is 5. The second-order valence-corrected chi connectivity index (χ2v) is 14.1. The average Bonchev–Trinajstić information content (AvgIpc) is 3.08. The van der Waals surface area contributed by atoms with Crippen molar-refractivity contribution in [2.45, 2.75) is 50.6 Å². The van der Waals surface area contributed by atoms with E-state index < -0.39 is 28.5 Å². The highest BCUT2D eigenvalue weighted by atomic mass is 35.5. The lowest BCUT2D eigenvalue weighted by molar-refractivity contribution is -0.140. The number of para-hydroxylation sites is 2. The lowest BCUT2D eigenvalue weighted by Gasteiger charge is -2.34. The van der Waals surface area contributed by atoms with Crippen molar-refractivity contribution in [1.29, 1.82) is 0 Å². The van der Waals surface area contributed by atoms with Gasteiger partial charge in [-0.25, -0.2) is 8.42 Å². The van der Waals surface area contributed by atoms with Crippen molar-refractivity contribution in [3.05, 3.63) is 123 Å². The Morgan fingerprint density at radius 2 is 1.52 bits per heavy atom.